The molecular formula is C13H16N4O3S. The second kappa shape index (κ2) is 5.44. The molecule has 0 fully saturated rings. The summed E-state index contributed by atoms with van der Waals surface area (Å²) in [6.07, 6.45) is 3.02. The van der Waals surface area contributed by atoms with E-state index in [0.29, 0.717) is 5.16 Å². The third kappa shape index (κ3) is 2.63. The summed E-state index contributed by atoms with van der Waals surface area (Å²) in [6, 6.07) is 0. The Morgan fingerprint density at radius 2 is 2.14 bits per heavy atom. The maximum atomic E-state index is 12.1. The predicted molar refractivity (Wildman–Crippen MR) is 78.7 cm³/mol. The average Bonchev–Trinajstić information content (AvgIpc) is 2.75. The van der Waals surface area contributed by atoms with Crippen LogP contribution < -0.4 is 5.32 Å². The van der Waals surface area contributed by atoms with Crippen molar-refractivity contribution < 1.29 is 14.7 Å². The topological polar surface area (TPSA) is 105 Å². The van der Waals surface area contributed by atoms with E-state index in [1.165, 1.54) is 18.0 Å². The van der Waals surface area contributed by atoms with Crippen molar-refractivity contribution in [3.05, 3.63) is 17.5 Å². The van der Waals surface area contributed by atoms with Crippen molar-refractivity contribution >= 4 is 29.5 Å². The van der Waals surface area contributed by atoms with E-state index in [4.69, 9.17) is 0 Å². The molecule has 2 N–H and O–H groups in total. The number of amidine groups is 1. The standard InChI is InChI=1S/C13H16N4O3S/c1-6(2)13(3)11(20)16-9(17-13)8-7(10(18)19)5-14-12(15-8)21-4/h5-6H,1-4H3,(H,18,19)(H,16,17,20). The number of rotatable bonds is 4. The van der Waals surface area contributed by atoms with Crippen molar-refractivity contribution in [2.75, 3.05) is 6.26 Å². The normalized spacial score (nSPS) is 21.4. The first-order valence-electron chi connectivity index (χ1n) is 6.35. The van der Waals surface area contributed by atoms with Gasteiger partial charge in [-0.25, -0.2) is 19.8 Å². The van der Waals surface area contributed by atoms with Gasteiger partial charge >= 0.3 is 5.97 Å². The number of carboxylic acid groups (broad SMARTS) is 1. The zero-order valence-electron chi connectivity index (χ0n) is 12.2. The maximum Gasteiger partial charge on any atom is 0.339 e. The van der Waals surface area contributed by atoms with Crippen LogP contribution in [-0.4, -0.2) is 44.6 Å². The Morgan fingerprint density at radius 3 is 2.62 bits per heavy atom. The monoisotopic (exact) mass is 308 g/mol. The molecule has 2 heterocycles. The van der Waals surface area contributed by atoms with E-state index in [2.05, 4.69) is 20.3 Å². The second-order valence-electron chi connectivity index (χ2n) is 5.14. The lowest BCUT2D eigenvalue weighted by Gasteiger charge is -2.21. The largest absolute Gasteiger partial charge is 0.478 e. The Hall–Kier alpha value is -1.96. The van der Waals surface area contributed by atoms with E-state index in [-0.39, 0.29) is 28.9 Å². The highest BCUT2D eigenvalue weighted by atomic mass is 32.2. The lowest BCUT2D eigenvalue weighted by atomic mass is 9.89. The number of carbonyl (C=O) groups is 2. The number of nitrogens with one attached hydrogen (secondary N) is 1. The molecule has 0 spiro atoms. The molecule has 2 rings (SSSR count). The highest BCUT2D eigenvalue weighted by Gasteiger charge is 2.43. The van der Waals surface area contributed by atoms with Crippen LogP contribution in [0.5, 0.6) is 0 Å². The predicted octanol–water partition coefficient (Wildman–Crippen LogP) is 1.19. The molecule has 1 unspecified atom stereocenters. The van der Waals surface area contributed by atoms with Crippen LogP contribution in [0.15, 0.2) is 16.3 Å². The lowest BCUT2D eigenvalue weighted by Crippen LogP contribution is -2.41. The van der Waals surface area contributed by atoms with E-state index < -0.39 is 11.5 Å². The van der Waals surface area contributed by atoms with Gasteiger partial charge in [0.25, 0.3) is 5.91 Å². The quantitative estimate of drug-likeness (QED) is 0.639. The molecule has 1 amide bonds. The van der Waals surface area contributed by atoms with Crippen LogP contribution in [0.1, 0.15) is 36.8 Å². The number of aliphatic imine (C=N–C) groups is 1. The third-order valence-electron chi connectivity index (χ3n) is 3.56. The van der Waals surface area contributed by atoms with Crippen LogP contribution in [-0.2, 0) is 4.79 Å². The van der Waals surface area contributed by atoms with Gasteiger partial charge in [-0.15, -0.1) is 0 Å². The fourth-order valence-corrected chi connectivity index (χ4v) is 2.19. The number of thioether (sulfide) groups is 1. The van der Waals surface area contributed by atoms with Gasteiger partial charge in [0.15, 0.2) is 11.0 Å². The van der Waals surface area contributed by atoms with E-state index in [9.17, 15) is 14.7 Å². The molecule has 7 nitrogen and oxygen atoms in total. The average molecular weight is 308 g/mol. The van der Waals surface area contributed by atoms with Crippen molar-refractivity contribution in [3.8, 4) is 0 Å². The van der Waals surface area contributed by atoms with Crippen molar-refractivity contribution in [3.63, 3.8) is 0 Å². The van der Waals surface area contributed by atoms with E-state index in [1.54, 1.807) is 13.2 Å². The molecule has 0 radical (unpaired) electrons. The molecule has 21 heavy (non-hydrogen) atoms. The third-order valence-corrected chi connectivity index (χ3v) is 4.13. The summed E-state index contributed by atoms with van der Waals surface area (Å²) in [5, 5.41) is 12.3. The van der Waals surface area contributed by atoms with Gasteiger partial charge < -0.3 is 10.4 Å². The van der Waals surface area contributed by atoms with Gasteiger partial charge in [0.1, 0.15) is 16.8 Å². The van der Waals surface area contributed by atoms with Gasteiger partial charge in [0.2, 0.25) is 0 Å². The Balaban J connectivity index is 2.56. The summed E-state index contributed by atoms with van der Waals surface area (Å²) >= 11 is 1.29. The van der Waals surface area contributed by atoms with Crippen LogP contribution in [0, 0.1) is 5.92 Å². The van der Waals surface area contributed by atoms with Crippen LogP contribution in [0.3, 0.4) is 0 Å². The minimum atomic E-state index is -1.16. The highest BCUT2D eigenvalue weighted by Crippen LogP contribution is 2.27. The molecule has 1 atom stereocenters. The zero-order chi connectivity index (χ0) is 15.8. The van der Waals surface area contributed by atoms with Crippen molar-refractivity contribution in [2.45, 2.75) is 31.5 Å². The fraction of sp³-hybridized carbons (Fsp3) is 0.462. The summed E-state index contributed by atoms with van der Waals surface area (Å²) in [5.74, 6) is -1.25. The van der Waals surface area contributed by atoms with E-state index in [1.807, 2.05) is 13.8 Å². The summed E-state index contributed by atoms with van der Waals surface area (Å²) in [4.78, 5) is 35.9. The van der Waals surface area contributed by atoms with Gasteiger partial charge in [0, 0.05) is 6.20 Å². The summed E-state index contributed by atoms with van der Waals surface area (Å²) in [7, 11) is 0. The lowest BCUT2D eigenvalue weighted by molar-refractivity contribution is -0.124. The number of carboxylic acids is 1. The Kier molecular flexibility index (Phi) is 3.99. The van der Waals surface area contributed by atoms with Crippen LogP contribution in [0.25, 0.3) is 0 Å². The highest BCUT2D eigenvalue weighted by molar-refractivity contribution is 7.98. The molecule has 0 aromatic carbocycles. The molecule has 1 aromatic heterocycles. The first kappa shape index (κ1) is 15.4. The number of hydrogen-bond donors (Lipinski definition) is 2. The van der Waals surface area contributed by atoms with Gasteiger partial charge in [0.05, 0.1) is 0 Å². The molecule has 112 valence electrons. The molecular weight excluding hydrogens is 292 g/mol. The van der Waals surface area contributed by atoms with E-state index >= 15 is 0 Å². The number of amides is 1. The van der Waals surface area contributed by atoms with Gasteiger partial charge in [-0.3, -0.25) is 4.79 Å². The fourth-order valence-electron chi connectivity index (χ4n) is 1.85. The number of carbonyl (C=O) groups excluding carboxylic acids is 1. The zero-order valence-corrected chi connectivity index (χ0v) is 13.0. The second-order valence-corrected chi connectivity index (χ2v) is 5.91. The number of hydrogen-bond acceptors (Lipinski definition) is 6. The van der Waals surface area contributed by atoms with Gasteiger partial charge in [-0.2, -0.15) is 0 Å². The molecule has 0 saturated heterocycles. The maximum absolute atomic E-state index is 12.1. The number of aromatic nitrogens is 2. The molecule has 0 saturated carbocycles. The number of aromatic carboxylic acids is 1. The van der Waals surface area contributed by atoms with Gasteiger partial charge in [-0.1, -0.05) is 25.6 Å². The molecule has 1 aromatic rings. The van der Waals surface area contributed by atoms with Gasteiger partial charge in [-0.05, 0) is 19.1 Å². The van der Waals surface area contributed by atoms with Crippen LogP contribution >= 0.6 is 11.8 Å². The molecule has 0 aliphatic carbocycles. The SMILES string of the molecule is CSc1ncc(C(=O)O)c(C2=NC(C)(C(C)C)C(=O)N2)n1. The first-order chi connectivity index (χ1) is 9.79. The van der Waals surface area contributed by atoms with Crippen LogP contribution in [0.4, 0.5) is 0 Å². The van der Waals surface area contributed by atoms with Crippen molar-refractivity contribution in [1.82, 2.24) is 15.3 Å². The Labute approximate surface area is 126 Å². The molecule has 8 heteroatoms. The first-order valence-corrected chi connectivity index (χ1v) is 7.58. The van der Waals surface area contributed by atoms with Crippen molar-refractivity contribution in [2.24, 2.45) is 10.9 Å². The van der Waals surface area contributed by atoms with Crippen molar-refractivity contribution in [1.29, 1.82) is 0 Å². The molecule has 0 bridgehead atoms. The van der Waals surface area contributed by atoms with E-state index in [0.717, 1.165) is 0 Å². The Bertz CT molecular complexity index is 644. The summed E-state index contributed by atoms with van der Waals surface area (Å²) < 4.78 is 0. The number of nitrogens with zero attached hydrogens (tertiary/aromatic N) is 3. The minimum Gasteiger partial charge on any atom is -0.478 e. The smallest absolute Gasteiger partial charge is 0.339 e. The molecule has 1 aliphatic rings. The van der Waals surface area contributed by atoms with Crippen LogP contribution in [0.2, 0.25) is 0 Å². The Morgan fingerprint density at radius 1 is 1.48 bits per heavy atom. The minimum absolute atomic E-state index is 0.0230. The summed E-state index contributed by atoms with van der Waals surface area (Å²) in [5.41, 5.74) is -0.866. The molecule has 1 aliphatic heterocycles. The summed E-state index contributed by atoms with van der Waals surface area (Å²) in [6.45, 7) is 5.49.